The van der Waals surface area contributed by atoms with Gasteiger partial charge in [0.1, 0.15) is 0 Å². The van der Waals surface area contributed by atoms with Crippen LogP contribution < -0.4 is 0 Å². The van der Waals surface area contributed by atoms with Gasteiger partial charge in [-0.15, -0.1) is 5.10 Å². The average molecular weight is 155 g/mol. The summed E-state index contributed by atoms with van der Waals surface area (Å²) in [5, 5.41) is 7.45. The molecule has 0 radical (unpaired) electrons. The first-order valence-electron chi connectivity index (χ1n) is 3.52. The highest BCUT2D eigenvalue weighted by atomic mass is 16.7. The zero-order valence-corrected chi connectivity index (χ0v) is 6.01. The Hall–Kier alpha value is -0.940. The number of hydrogen-bond acceptors (Lipinski definition) is 4. The maximum absolute atomic E-state index is 5.22. The van der Waals surface area contributed by atoms with Crippen molar-refractivity contribution in [1.29, 1.82) is 0 Å². The lowest BCUT2D eigenvalue weighted by molar-refractivity contribution is -0.0548. The molecule has 60 valence electrons. The van der Waals surface area contributed by atoms with Gasteiger partial charge in [-0.05, 0) is 0 Å². The lowest BCUT2D eigenvalue weighted by Crippen LogP contribution is -2.17. The Labute approximate surface area is 63.9 Å². The van der Waals surface area contributed by atoms with Crippen LogP contribution in [-0.4, -0.2) is 34.5 Å². The van der Waals surface area contributed by atoms with Crippen LogP contribution in [0.3, 0.4) is 0 Å². The smallest absolute Gasteiger partial charge is 0.177 e. The monoisotopic (exact) mass is 155 g/mol. The molecule has 0 unspecified atom stereocenters. The van der Waals surface area contributed by atoms with Crippen LogP contribution in [0.5, 0.6) is 0 Å². The van der Waals surface area contributed by atoms with Gasteiger partial charge in [-0.3, -0.25) is 0 Å². The molecule has 0 atom stereocenters. The molecule has 5 heteroatoms. The fraction of sp³-hybridized carbons (Fsp3) is 0.667. The van der Waals surface area contributed by atoms with Gasteiger partial charge in [0.25, 0.3) is 0 Å². The summed E-state index contributed by atoms with van der Waals surface area (Å²) in [4.78, 5) is 0. The van der Waals surface area contributed by atoms with E-state index in [1.807, 2.05) is 0 Å². The van der Waals surface area contributed by atoms with Crippen molar-refractivity contribution >= 4 is 0 Å². The summed E-state index contributed by atoms with van der Waals surface area (Å²) in [6.45, 7) is 1.98. The van der Waals surface area contributed by atoms with Crippen LogP contribution in [0.15, 0.2) is 12.4 Å². The average Bonchev–Trinajstić information content (AvgIpc) is 2.60. The molecular formula is C6H9N3O2. The molecule has 0 aliphatic carbocycles. The molecule has 0 bridgehead atoms. The highest BCUT2D eigenvalue weighted by Crippen LogP contribution is 2.04. The highest BCUT2D eigenvalue weighted by Gasteiger charge is 2.16. The second-order valence-corrected chi connectivity index (χ2v) is 2.30. The molecule has 1 saturated heterocycles. The number of ether oxygens (including phenoxy) is 2. The van der Waals surface area contributed by atoms with Gasteiger partial charge in [0.15, 0.2) is 6.29 Å². The first kappa shape index (κ1) is 6.75. The number of nitrogens with zero attached hydrogens (tertiary/aromatic N) is 3. The van der Waals surface area contributed by atoms with E-state index in [9.17, 15) is 0 Å². The van der Waals surface area contributed by atoms with E-state index in [1.165, 1.54) is 0 Å². The summed E-state index contributed by atoms with van der Waals surface area (Å²) in [5.41, 5.74) is 0. The van der Waals surface area contributed by atoms with Crippen molar-refractivity contribution in [2.45, 2.75) is 12.8 Å². The van der Waals surface area contributed by atoms with Crippen molar-refractivity contribution in [3.63, 3.8) is 0 Å². The van der Waals surface area contributed by atoms with Gasteiger partial charge in [-0.25, -0.2) is 4.68 Å². The maximum Gasteiger partial charge on any atom is 0.177 e. The van der Waals surface area contributed by atoms with Gasteiger partial charge in [-0.1, -0.05) is 5.21 Å². The van der Waals surface area contributed by atoms with Crippen molar-refractivity contribution < 1.29 is 9.47 Å². The van der Waals surface area contributed by atoms with Crippen LogP contribution in [-0.2, 0) is 16.0 Å². The summed E-state index contributed by atoms with van der Waals surface area (Å²) in [6, 6.07) is 0. The van der Waals surface area contributed by atoms with Crippen LogP contribution in [0.2, 0.25) is 0 Å². The summed E-state index contributed by atoms with van der Waals surface area (Å²) < 4.78 is 12.1. The van der Waals surface area contributed by atoms with Crippen LogP contribution in [0.4, 0.5) is 0 Å². The third-order valence-corrected chi connectivity index (χ3v) is 1.50. The van der Waals surface area contributed by atoms with Crippen LogP contribution in [0, 0.1) is 0 Å². The van der Waals surface area contributed by atoms with E-state index >= 15 is 0 Å². The molecule has 0 saturated carbocycles. The minimum Gasteiger partial charge on any atom is -0.348 e. The van der Waals surface area contributed by atoms with E-state index in [0.29, 0.717) is 19.8 Å². The zero-order valence-electron chi connectivity index (χ0n) is 6.01. The maximum atomic E-state index is 5.22. The van der Waals surface area contributed by atoms with Crippen LogP contribution in [0.25, 0.3) is 0 Å². The van der Waals surface area contributed by atoms with Crippen LogP contribution in [0.1, 0.15) is 0 Å². The van der Waals surface area contributed by atoms with Gasteiger partial charge < -0.3 is 9.47 Å². The normalized spacial score (nSPS) is 19.3. The zero-order chi connectivity index (χ0) is 7.52. The fourth-order valence-electron chi connectivity index (χ4n) is 0.995. The Balaban J connectivity index is 1.90. The molecule has 0 aromatic carbocycles. The lowest BCUT2D eigenvalue weighted by atomic mass is 10.6. The molecule has 5 nitrogen and oxygen atoms in total. The second-order valence-electron chi connectivity index (χ2n) is 2.30. The van der Waals surface area contributed by atoms with Crippen molar-refractivity contribution in [3.05, 3.63) is 12.4 Å². The number of aromatic nitrogens is 3. The van der Waals surface area contributed by atoms with Gasteiger partial charge in [-0.2, -0.15) is 0 Å². The molecule has 1 fully saturated rings. The predicted octanol–water partition coefficient (Wildman–Crippen LogP) is -0.349. The van der Waals surface area contributed by atoms with Crippen molar-refractivity contribution in [2.24, 2.45) is 0 Å². The summed E-state index contributed by atoms with van der Waals surface area (Å²) in [6.07, 6.45) is 3.27. The van der Waals surface area contributed by atoms with Crippen molar-refractivity contribution in [2.75, 3.05) is 13.2 Å². The molecule has 0 amide bonds. The molecule has 2 heterocycles. The van der Waals surface area contributed by atoms with Crippen molar-refractivity contribution in [3.8, 4) is 0 Å². The molecule has 0 spiro atoms. The minimum absolute atomic E-state index is 0.142. The van der Waals surface area contributed by atoms with E-state index in [0.717, 1.165) is 0 Å². The molecule has 2 rings (SSSR count). The molecule has 1 aliphatic rings. The lowest BCUT2D eigenvalue weighted by Gasteiger charge is -2.06. The molecule has 1 aromatic heterocycles. The third-order valence-electron chi connectivity index (χ3n) is 1.50. The van der Waals surface area contributed by atoms with Gasteiger partial charge in [0, 0.05) is 6.20 Å². The quantitative estimate of drug-likeness (QED) is 0.585. The summed E-state index contributed by atoms with van der Waals surface area (Å²) in [7, 11) is 0. The van der Waals surface area contributed by atoms with E-state index in [4.69, 9.17) is 9.47 Å². The Kier molecular flexibility index (Phi) is 1.83. The number of hydrogen-bond donors (Lipinski definition) is 0. The number of rotatable bonds is 2. The fourth-order valence-corrected chi connectivity index (χ4v) is 0.995. The SMILES string of the molecule is c1cn(CC2OCCO2)nn1. The van der Waals surface area contributed by atoms with E-state index < -0.39 is 0 Å². The Morgan fingerprint density at radius 1 is 1.45 bits per heavy atom. The standard InChI is InChI=1S/C6H9N3O2/c1-2-9(8-7-1)5-6-10-3-4-11-6/h1-2,6H,3-5H2. The Bertz CT molecular complexity index is 206. The molecule has 1 aromatic rings. The first-order chi connectivity index (χ1) is 5.45. The van der Waals surface area contributed by atoms with E-state index in [2.05, 4.69) is 10.3 Å². The largest absolute Gasteiger partial charge is 0.348 e. The van der Waals surface area contributed by atoms with Crippen LogP contribution >= 0.6 is 0 Å². The van der Waals surface area contributed by atoms with E-state index in [1.54, 1.807) is 17.1 Å². The van der Waals surface area contributed by atoms with E-state index in [-0.39, 0.29) is 6.29 Å². The Morgan fingerprint density at radius 3 is 2.91 bits per heavy atom. The first-order valence-corrected chi connectivity index (χ1v) is 3.52. The summed E-state index contributed by atoms with van der Waals surface area (Å²) >= 11 is 0. The topological polar surface area (TPSA) is 49.2 Å². The minimum atomic E-state index is -0.142. The van der Waals surface area contributed by atoms with Gasteiger partial charge >= 0.3 is 0 Å². The van der Waals surface area contributed by atoms with Gasteiger partial charge in [0.2, 0.25) is 0 Å². The third kappa shape index (κ3) is 1.55. The Morgan fingerprint density at radius 2 is 2.27 bits per heavy atom. The highest BCUT2D eigenvalue weighted by molar-refractivity contribution is 4.65. The van der Waals surface area contributed by atoms with Gasteiger partial charge in [0.05, 0.1) is 26.0 Å². The molecule has 1 aliphatic heterocycles. The predicted molar refractivity (Wildman–Crippen MR) is 35.7 cm³/mol. The summed E-state index contributed by atoms with van der Waals surface area (Å²) in [5.74, 6) is 0. The molecular weight excluding hydrogens is 146 g/mol. The van der Waals surface area contributed by atoms with Crippen molar-refractivity contribution in [1.82, 2.24) is 15.0 Å². The molecule has 0 N–H and O–H groups in total. The second kappa shape index (κ2) is 2.98. The molecule has 11 heavy (non-hydrogen) atoms.